The Kier molecular flexibility index (Phi) is 11.6. The van der Waals surface area contributed by atoms with Gasteiger partial charge >= 0.3 is 11.9 Å². The van der Waals surface area contributed by atoms with Crippen molar-refractivity contribution in [1.82, 2.24) is 20.9 Å². The van der Waals surface area contributed by atoms with Gasteiger partial charge in [-0.15, -0.1) is 0 Å². The number of primary amides is 1. The number of carboxylic acids is 2. The van der Waals surface area contributed by atoms with Crippen molar-refractivity contribution in [3.63, 3.8) is 0 Å². The van der Waals surface area contributed by atoms with Gasteiger partial charge in [-0.3, -0.25) is 24.0 Å². The Labute approximate surface area is 230 Å². The fourth-order valence-corrected chi connectivity index (χ4v) is 4.03. The van der Waals surface area contributed by atoms with Gasteiger partial charge in [0.05, 0.1) is 12.5 Å². The summed E-state index contributed by atoms with van der Waals surface area (Å²) in [5.74, 6) is -6.51. The Morgan fingerprint density at radius 3 is 2.17 bits per heavy atom. The summed E-state index contributed by atoms with van der Waals surface area (Å²) < 4.78 is 0. The highest BCUT2D eigenvalue weighted by atomic mass is 16.4. The van der Waals surface area contributed by atoms with Gasteiger partial charge in [0.2, 0.25) is 23.6 Å². The molecule has 0 radical (unpaired) electrons. The standard InChI is InChI=1S/C26H36N6O8/c1-3-13(2)22(26(39)40)32-25(38)19(11-21(34)35)31-24(37)18(30-23(36)16(27)8-9-20(28)33)10-14-12-29-17-7-5-4-6-15(14)17/h4-7,12-13,16,18-19,22,29H,3,8-11,27H2,1-2H3,(H2,28,33)(H,30,36)(H,31,37)(H,32,38)(H,34,35)(H,39,40). The fraction of sp³-hybridized carbons (Fsp3) is 0.462. The zero-order chi connectivity index (χ0) is 30.0. The van der Waals surface area contributed by atoms with E-state index in [0.717, 1.165) is 10.9 Å². The van der Waals surface area contributed by atoms with Gasteiger partial charge in [0.25, 0.3) is 0 Å². The van der Waals surface area contributed by atoms with E-state index in [2.05, 4.69) is 20.9 Å². The highest BCUT2D eigenvalue weighted by Crippen LogP contribution is 2.19. The Morgan fingerprint density at radius 2 is 1.57 bits per heavy atom. The Balaban J connectivity index is 2.31. The first-order valence-corrected chi connectivity index (χ1v) is 12.8. The Bertz CT molecular complexity index is 1240. The van der Waals surface area contributed by atoms with Crippen LogP contribution in [0.15, 0.2) is 30.5 Å². The summed E-state index contributed by atoms with van der Waals surface area (Å²) in [7, 11) is 0. The lowest BCUT2D eigenvalue weighted by molar-refractivity contribution is -0.144. The third-order valence-electron chi connectivity index (χ3n) is 6.56. The van der Waals surface area contributed by atoms with Crippen LogP contribution in [-0.4, -0.2) is 74.9 Å². The lowest BCUT2D eigenvalue weighted by atomic mass is 9.98. The molecule has 0 aliphatic carbocycles. The largest absolute Gasteiger partial charge is 0.481 e. The molecule has 0 spiro atoms. The van der Waals surface area contributed by atoms with E-state index in [1.165, 1.54) is 0 Å². The van der Waals surface area contributed by atoms with Gasteiger partial charge in [0.1, 0.15) is 18.1 Å². The number of aromatic amines is 1. The molecular formula is C26H36N6O8. The fourth-order valence-electron chi connectivity index (χ4n) is 4.03. The predicted octanol–water partition coefficient (Wildman–Crippen LogP) is -0.637. The van der Waals surface area contributed by atoms with Gasteiger partial charge in [-0.25, -0.2) is 4.79 Å². The molecule has 0 saturated carbocycles. The zero-order valence-corrected chi connectivity index (χ0v) is 22.3. The summed E-state index contributed by atoms with van der Waals surface area (Å²) in [6.45, 7) is 3.34. The molecule has 0 aliphatic heterocycles. The second kappa shape index (κ2) is 14.6. The van der Waals surface area contributed by atoms with E-state index in [-0.39, 0.29) is 19.3 Å². The number of aromatic nitrogens is 1. The van der Waals surface area contributed by atoms with E-state index in [0.29, 0.717) is 12.0 Å². The summed E-state index contributed by atoms with van der Waals surface area (Å²) in [6.07, 6.45) is 0.943. The van der Waals surface area contributed by atoms with Crippen LogP contribution in [0.5, 0.6) is 0 Å². The smallest absolute Gasteiger partial charge is 0.326 e. The molecule has 1 aromatic carbocycles. The maximum atomic E-state index is 13.4. The number of H-pyrrole nitrogens is 1. The second-order valence-electron chi connectivity index (χ2n) is 9.61. The first-order chi connectivity index (χ1) is 18.8. The molecule has 4 amide bonds. The molecule has 1 heterocycles. The van der Waals surface area contributed by atoms with Crippen LogP contribution in [0.4, 0.5) is 0 Å². The molecule has 0 fully saturated rings. The number of hydrogen-bond donors (Lipinski definition) is 8. The Morgan fingerprint density at radius 1 is 0.950 bits per heavy atom. The maximum absolute atomic E-state index is 13.4. The van der Waals surface area contributed by atoms with Crippen LogP contribution in [0.25, 0.3) is 10.9 Å². The molecule has 5 unspecified atom stereocenters. The number of hydrogen-bond acceptors (Lipinski definition) is 7. The summed E-state index contributed by atoms with van der Waals surface area (Å²) >= 11 is 0. The number of fused-ring (bicyclic) bond motifs is 1. The molecule has 10 N–H and O–H groups in total. The summed E-state index contributed by atoms with van der Waals surface area (Å²) in [5, 5.41) is 26.8. The minimum atomic E-state index is -1.64. The third kappa shape index (κ3) is 9.08. The predicted molar refractivity (Wildman–Crippen MR) is 144 cm³/mol. The van der Waals surface area contributed by atoms with Gasteiger partial charge in [-0.1, -0.05) is 38.5 Å². The summed E-state index contributed by atoms with van der Waals surface area (Å²) in [4.78, 5) is 76.4. The first kappa shape index (κ1) is 31.8. The second-order valence-corrected chi connectivity index (χ2v) is 9.61. The van der Waals surface area contributed by atoms with Crippen LogP contribution < -0.4 is 27.4 Å². The molecular weight excluding hydrogens is 524 g/mol. The molecule has 1 aromatic heterocycles. The van der Waals surface area contributed by atoms with Gasteiger partial charge in [-0.05, 0) is 24.0 Å². The maximum Gasteiger partial charge on any atom is 0.326 e. The van der Waals surface area contributed by atoms with E-state index < -0.39 is 72.1 Å². The number of nitrogens with two attached hydrogens (primary N) is 2. The minimum absolute atomic E-state index is 0.0594. The molecule has 0 bridgehead atoms. The molecule has 5 atom stereocenters. The number of amides is 4. The first-order valence-electron chi connectivity index (χ1n) is 12.8. The molecule has 0 saturated heterocycles. The van der Waals surface area contributed by atoms with E-state index in [4.69, 9.17) is 11.5 Å². The van der Waals surface area contributed by atoms with Crippen molar-refractivity contribution in [2.45, 2.75) is 70.1 Å². The normalized spacial score (nSPS) is 14.8. The SMILES string of the molecule is CCC(C)C(NC(=O)C(CC(=O)O)NC(=O)C(Cc1c[nH]c2ccccc12)NC(=O)C(N)CCC(N)=O)C(=O)O. The number of aliphatic carboxylic acids is 2. The zero-order valence-electron chi connectivity index (χ0n) is 22.3. The van der Waals surface area contributed by atoms with Crippen molar-refractivity contribution < 1.29 is 39.0 Å². The van der Waals surface area contributed by atoms with Crippen LogP contribution in [-0.2, 0) is 35.2 Å². The average molecular weight is 561 g/mol. The number of nitrogens with one attached hydrogen (secondary N) is 4. The summed E-state index contributed by atoms with van der Waals surface area (Å²) in [6, 6.07) is 1.80. The molecule has 2 rings (SSSR count). The van der Waals surface area contributed by atoms with Gasteiger partial charge in [0, 0.05) is 29.9 Å². The summed E-state index contributed by atoms with van der Waals surface area (Å²) in [5.41, 5.74) is 12.4. The van der Waals surface area contributed by atoms with Gasteiger partial charge in [-0.2, -0.15) is 0 Å². The van der Waals surface area contributed by atoms with Crippen LogP contribution in [0.2, 0.25) is 0 Å². The number of carbonyl (C=O) groups excluding carboxylic acids is 4. The third-order valence-corrected chi connectivity index (χ3v) is 6.56. The van der Waals surface area contributed by atoms with Crippen molar-refractivity contribution in [3.8, 4) is 0 Å². The van der Waals surface area contributed by atoms with Gasteiger partial charge < -0.3 is 42.6 Å². The van der Waals surface area contributed by atoms with Crippen molar-refractivity contribution in [1.29, 1.82) is 0 Å². The van der Waals surface area contributed by atoms with Gasteiger partial charge in [0.15, 0.2) is 0 Å². The topological polar surface area (TPSA) is 247 Å². The monoisotopic (exact) mass is 560 g/mol. The van der Waals surface area contributed by atoms with Crippen molar-refractivity contribution in [2.24, 2.45) is 17.4 Å². The number of carboxylic acid groups (broad SMARTS) is 2. The van der Waals surface area contributed by atoms with Crippen LogP contribution >= 0.6 is 0 Å². The van der Waals surface area contributed by atoms with E-state index in [1.54, 1.807) is 32.2 Å². The average Bonchev–Trinajstić information content (AvgIpc) is 3.31. The lowest BCUT2D eigenvalue weighted by Crippen LogP contribution is -2.58. The van der Waals surface area contributed by atoms with Crippen molar-refractivity contribution in [3.05, 3.63) is 36.0 Å². The molecule has 2 aromatic rings. The van der Waals surface area contributed by atoms with Crippen LogP contribution in [0.1, 0.15) is 45.1 Å². The van der Waals surface area contributed by atoms with Crippen LogP contribution in [0, 0.1) is 5.92 Å². The molecule has 40 heavy (non-hydrogen) atoms. The molecule has 14 heteroatoms. The number of para-hydroxylation sites is 1. The number of rotatable bonds is 16. The molecule has 14 nitrogen and oxygen atoms in total. The van der Waals surface area contributed by atoms with E-state index in [1.807, 2.05) is 12.1 Å². The highest BCUT2D eigenvalue weighted by Gasteiger charge is 2.33. The van der Waals surface area contributed by atoms with Crippen molar-refractivity contribution in [2.75, 3.05) is 0 Å². The van der Waals surface area contributed by atoms with Crippen LogP contribution in [0.3, 0.4) is 0 Å². The number of carbonyl (C=O) groups is 6. The van der Waals surface area contributed by atoms with Crippen molar-refractivity contribution >= 4 is 46.5 Å². The lowest BCUT2D eigenvalue weighted by Gasteiger charge is -2.26. The minimum Gasteiger partial charge on any atom is -0.481 e. The van der Waals surface area contributed by atoms with E-state index in [9.17, 15) is 39.0 Å². The molecule has 218 valence electrons. The number of benzene rings is 1. The Hall–Kier alpha value is -4.46. The molecule has 0 aliphatic rings. The highest BCUT2D eigenvalue weighted by molar-refractivity contribution is 5.96. The quantitative estimate of drug-likeness (QED) is 0.130. The van der Waals surface area contributed by atoms with E-state index >= 15 is 0 Å².